The van der Waals surface area contributed by atoms with Gasteiger partial charge in [0.15, 0.2) is 16.6 Å². The zero-order chi connectivity index (χ0) is 22.7. The van der Waals surface area contributed by atoms with Gasteiger partial charge in [-0.25, -0.2) is 4.98 Å². The van der Waals surface area contributed by atoms with Crippen LogP contribution < -0.4 is 14.4 Å². The number of morpholine rings is 1. The van der Waals surface area contributed by atoms with E-state index in [2.05, 4.69) is 4.90 Å². The number of rotatable bonds is 7. The highest BCUT2D eigenvalue weighted by Gasteiger charge is 2.24. The Kier molecular flexibility index (Phi) is 8.78. The van der Waals surface area contributed by atoms with Gasteiger partial charge in [-0.3, -0.25) is 14.6 Å². The Labute approximate surface area is 208 Å². The molecule has 178 valence electrons. The molecule has 1 fully saturated rings. The van der Waals surface area contributed by atoms with E-state index < -0.39 is 0 Å². The van der Waals surface area contributed by atoms with E-state index >= 15 is 0 Å². The Morgan fingerprint density at radius 2 is 1.91 bits per heavy atom. The van der Waals surface area contributed by atoms with Crippen LogP contribution in [0.3, 0.4) is 0 Å². The lowest BCUT2D eigenvalue weighted by Crippen LogP contribution is -2.43. The fourth-order valence-electron chi connectivity index (χ4n) is 3.68. The molecule has 0 saturated carbocycles. The van der Waals surface area contributed by atoms with Gasteiger partial charge in [0.05, 0.1) is 42.7 Å². The summed E-state index contributed by atoms with van der Waals surface area (Å²) in [6, 6.07) is 9.01. The maximum absolute atomic E-state index is 13.7. The minimum atomic E-state index is -0.146. The summed E-state index contributed by atoms with van der Waals surface area (Å²) in [6.07, 6.45) is 0. The molecule has 33 heavy (non-hydrogen) atoms. The number of amides is 1. The van der Waals surface area contributed by atoms with Gasteiger partial charge in [0.25, 0.3) is 5.91 Å². The van der Waals surface area contributed by atoms with Gasteiger partial charge in [-0.1, -0.05) is 29.0 Å². The molecule has 3 aromatic rings. The topological polar surface area (TPSA) is 64.1 Å². The molecule has 1 saturated heterocycles. The van der Waals surface area contributed by atoms with Gasteiger partial charge in [-0.15, -0.1) is 12.4 Å². The number of thiazole rings is 1. The van der Waals surface area contributed by atoms with Crippen LogP contribution in [0, 0.1) is 6.92 Å². The third-order valence-corrected chi connectivity index (χ3v) is 7.07. The number of anilines is 1. The van der Waals surface area contributed by atoms with Crippen LogP contribution in [-0.4, -0.2) is 69.4 Å². The van der Waals surface area contributed by atoms with Crippen LogP contribution in [0.25, 0.3) is 10.2 Å². The quantitative estimate of drug-likeness (QED) is 0.458. The third kappa shape index (κ3) is 5.53. The number of fused-ring (bicyclic) bond motifs is 1. The Balaban J connectivity index is 0.00000306. The van der Waals surface area contributed by atoms with Crippen molar-refractivity contribution < 1.29 is 19.0 Å². The Morgan fingerprint density at radius 3 is 2.58 bits per heavy atom. The van der Waals surface area contributed by atoms with Gasteiger partial charge >= 0.3 is 0 Å². The third-order valence-electron chi connectivity index (χ3n) is 5.54. The first-order valence-electron chi connectivity index (χ1n) is 10.4. The summed E-state index contributed by atoms with van der Waals surface area (Å²) < 4.78 is 17.1. The van der Waals surface area contributed by atoms with Crippen molar-refractivity contribution >= 4 is 56.6 Å². The van der Waals surface area contributed by atoms with Crippen LogP contribution in [0.4, 0.5) is 5.13 Å². The van der Waals surface area contributed by atoms with Crippen LogP contribution in [0.2, 0.25) is 5.02 Å². The van der Waals surface area contributed by atoms with Crippen molar-refractivity contribution in [2.45, 2.75) is 6.92 Å². The summed E-state index contributed by atoms with van der Waals surface area (Å²) in [6.45, 7) is 6.34. The van der Waals surface area contributed by atoms with Crippen LogP contribution in [0.5, 0.6) is 11.5 Å². The predicted octanol–water partition coefficient (Wildman–Crippen LogP) is 4.68. The molecule has 0 bridgehead atoms. The number of ether oxygens (including phenoxy) is 3. The second-order valence-electron chi connectivity index (χ2n) is 7.52. The number of benzene rings is 2. The molecule has 1 aliphatic heterocycles. The average molecular weight is 512 g/mol. The summed E-state index contributed by atoms with van der Waals surface area (Å²) in [5, 5.41) is 1.27. The molecule has 0 atom stereocenters. The maximum Gasteiger partial charge on any atom is 0.260 e. The van der Waals surface area contributed by atoms with Crippen molar-refractivity contribution in [2.24, 2.45) is 0 Å². The van der Waals surface area contributed by atoms with Crippen molar-refractivity contribution in [1.29, 1.82) is 0 Å². The van der Waals surface area contributed by atoms with Gasteiger partial charge in [0.2, 0.25) is 0 Å². The van der Waals surface area contributed by atoms with E-state index in [-0.39, 0.29) is 18.3 Å². The zero-order valence-electron chi connectivity index (χ0n) is 18.8. The number of nitrogens with zero attached hydrogens (tertiary/aromatic N) is 3. The lowest BCUT2D eigenvalue weighted by atomic mass is 10.1. The number of hydrogen-bond donors (Lipinski definition) is 0. The average Bonchev–Trinajstić information content (AvgIpc) is 3.28. The van der Waals surface area contributed by atoms with Crippen molar-refractivity contribution in [2.75, 3.05) is 58.5 Å². The molecule has 2 heterocycles. The summed E-state index contributed by atoms with van der Waals surface area (Å²) in [4.78, 5) is 22.5. The normalized spacial score (nSPS) is 14.1. The van der Waals surface area contributed by atoms with E-state index in [4.69, 9.17) is 30.8 Å². The molecule has 0 unspecified atom stereocenters. The molecule has 1 amide bonds. The number of carbonyl (C=O) groups excluding carboxylic acids is 1. The van der Waals surface area contributed by atoms with Crippen molar-refractivity contribution in [1.82, 2.24) is 9.88 Å². The highest BCUT2D eigenvalue weighted by Crippen LogP contribution is 2.36. The van der Waals surface area contributed by atoms with Gasteiger partial charge in [0, 0.05) is 31.7 Å². The first-order valence-corrected chi connectivity index (χ1v) is 11.6. The Bertz CT molecular complexity index is 1080. The molecule has 1 aliphatic rings. The number of carbonyl (C=O) groups is 1. The van der Waals surface area contributed by atoms with Gasteiger partial charge < -0.3 is 14.2 Å². The largest absolute Gasteiger partial charge is 0.493 e. The number of hydrogen-bond acceptors (Lipinski definition) is 7. The molecule has 10 heteroatoms. The van der Waals surface area contributed by atoms with Crippen molar-refractivity contribution in [3.8, 4) is 11.5 Å². The molecule has 0 radical (unpaired) electrons. The second-order valence-corrected chi connectivity index (χ2v) is 8.90. The molecule has 4 rings (SSSR count). The summed E-state index contributed by atoms with van der Waals surface area (Å²) in [7, 11) is 3.13. The van der Waals surface area contributed by atoms with E-state index in [0.29, 0.717) is 47.0 Å². The lowest BCUT2D eigenvalue weighted by molar-refractivity contribution is 0.0391. The van der Waals surface area contributed by atoms with Crippen LogP contribution in [0.15, 0.2) is 30.3 Å². The molecule has 0 aliphatic carbocycles. The molecular weight excluding hydrogens is 485 g/mol. The summed E-state index contributed by atoms with van der Waals surface area (Å²) >= 11 is 7.87. The number of aryl methyl sites for hydroxylation is 1. The van der Waals surface area contributed by atoms with E-state index in [1.165, 1.54) is 11.3 Å². The number of halogens is 2. The lowest BCUT2D eigenvalue weighted by Gasteiger charge is -2.29. The predicted molar refractivity (Wildman–Crippen MR) is 135 cm³/mol. The maximum atomic E-state index is 13.7. The van der Waals surface area contributed by atoms with E-state index in [0.717, 1.165) is 35.4 Å². The monoisotopic (exact) mass is 511 g/mol. The Hall–Kier alpha value is -2.10. The van der Waals surface area contributed by atoms with Crippen LogP contribution in [0.1, 0.15) is 15.9 Å². The Morgan fingerprint density at radius 1 is 1.18 bits per heavy atom. The minimum absolute atomic E-state index is 0. The smallest absolute Gasteiger partial charge is 0.260 e. The highest BCUT2D eigenvalue weighted by atomic mass is 35.5. The number of methoxy groups -OCH3 is 2. The molecule has 0 spiro atoms. The molecule has 7 nitrogen and oxygen atoms in total. The zero-order valence-corrected chi connectivity index (χ0v) is 21.2. The molecule has 1 aromatic heterocycles. The summed E-state index contributed by atoms with van der Waals surface area (Å²) in [5.41, 5.74) is 2.36. The first-order chi connectivity index (χ1) is 15.5. The molecule has 0 N–H and O–H groups in total. The fraction of sp³-hybridized carbons (Fsp3) is 0.391. The molecular formula is C23H27Cl2N3O4S. The standard InChI is InChI=1S/C23H26ClN3O4S.ClH/c1-15-4-6-17(24)21-20(15)25-23(32-21)27(9-8-26-10-12-31-13-11-26)22(28)16-5-7-18(29-2)19(14-16)30-3;/h4-7,14H,8-13H2,1-3H3;1H. The second kappa shape index (κ2) is 11.4. The minimum Gasteiger partial charge on any atom is -0.493 e. The van der Waals surface area contributed by atoms with Gasteiger partial charge in [-0.05, 0) is 36.8 Å². The van der Waals surface area contributed by atoms with Crippen molar-refractivity contribution in [3.05, 3.63) is 46.5 Å². The first kappa shape index (κ1) is 25.5. The number of aromatic nitrogens is 1. The molecule has 2 aromatic carbocycles. The van der Waals surface area contributed by atoms with Crippen molar-refractivity contribution in [3.63, 3.8) is 0 Å². The fourth-order valence-corrected chi connectivity index (χ4v) is 5.02. The van der Waals surface area contributed by atoms with Gasteiger partial charge in [-0.2, -0.15) is 0 Å². The van der Waals surface area contributed by atoms with E-state index in [1.807, 2.05) is 19.1 Å². The van der Waals surface area contributed by atoms with Gasteiger partial charge in [0.1, 0.15) is 0 Å². The SMILES string of the molecule is COc1ccc(C(=O)N(CCN2CCOCC2)c2nc3c(C)ccc(Cl)c3s2)cc1OC.Cl. The van der Waals surface area contributed by atoms with Crippen LogP contribution in [-0.2, 0) is 4.74 Å². The van der Waals surface area contributed by atoms with E-state index in [1.54, 1.807) is 37.3 Å². The highest BCUT2D eigenvalue weighted by molar-refractivity contribution is 7.23. The van der Waals surface area contributed by atoms with E-state index in [9.17, 15) is 4.79 Å². The summed E-state index contributed by atoms with van der Waals surface area (Å²) in [5.74, 6) is 0.938. The van der Waals surface area contributed by atoms with Crippen LogP contribution >= 0.6 is 35.3 Å².